The molecule has 166 valence electrons. The van der Waals surface area contributed by atoms with Gasteiger partial charge in [0.25, 0.3) is 0 Å². The molecule has 0 radical (unpaired) electrons. The molecule has 1 aliphatic rings. The fourth-order valence-electron chi connectivity index (χ4n) is 3.66. The quantitative estimate of drug-likeness (QED) is 0.315. The molecule has 2 unspecified atom stereocenters. The molecule has 1 aromatic heterocycles. The van der Waals surface area contributed by atoms with E-state index in [4.69, 9.17) is 0 Å². The second-order valence-corrected chi connectivity index (χ2v) is 7.90. The number of nitrogens with zero attached hydrogens (tertiary/aromatic N) is 5. The van der Waals surface area contributed by atoms with Crippen LogP contribution in [0.25, 0.3) is 0 Å². The van der Waals surface area contributed by atoms with Crippen LogP contribution in [0.15, 0.2) is 35.3 Å². The van der Waals surface area contributed by atoms with E-state index in [0.29, 0.717) is 12.1 Å². The number of aliphatic imine (C=N–C) groups is 1. The molecule has 2 atom stereocenters. The minimum atomic E-state index is 0. The Labute approximate surface area is 197 Å². The Balaban J connectivity index is 0.00000320. The van der Waals surface area contributed by atoms with Crippen molar-refractivity contribution in [2.45, 2.75) is 64.7 Å². The van der Waals surface area contributed by atoms with Crippen molar-refractivity contribution >= 4 is 29.9 Å². The summed E-state index contributed by atoms with van der Waals surface area (Å²) < 4.78 is 2.05. The van der Waals surface area contributed by atoms with Gasteiger partial charge in [-0.2, -0.15) is 5.10 Å². The van der Waals surface area contributed by atoms with Crippen molar-refractivity contribution in [3.63, 3.8) is 0 Å². The number of aromatic nitrogens is 3. The van der Waals surface area contributed by atoms with Crippen LogP contribution in [0.5, 0.6) is 0 Å². The second kappa shape index (κ2) is 12.2. The van der Waals surface area contributed by atoms with Gasteiger partial charge in [0.1, 0.15) is 5.82 Å². The Morgan fingerprint density at radius 3 is 2.80 bits per heavy atom. The zero-order chi connectivity index (χ0) is 20.6. The predicted octanol–water partition coefficient (Wildman–Crippen LogP) is 2.85. The molecule has 8 heteroatoms. The van der Waals surface area contributed by atoms with Gasteiger partial charge in [0.05, 0.1) is 6.54 Å². The molecular formula is C22H36IN7. The third-order valence-corrected chi connectivity index (χ3v) is 5.66. The maximum atomic E-state index is 4.59. The molecule has 3 rings (SSSR count). The smallest absolute Gasteiger partial charge is 0.191 e. The van der Waals surface area contributed by atoms with Crippen LogP contribution < -0.4 is 10.6 Å². The molecule has 0 spiro atoms. The van der Waals surface area contributed by atoms with Gasteiger partial charge in [-0.1, -0.05) is 37.3 Å². The molecule has 1 aliphatic heterocycles. The van der Waals surface area contributed by atoms with Gasteiger partial charge < -0.3 is 10.6 Å². The van der Waals surface area contributed by atoms with Gasteiger partial charge in [-0.05, 0) is 32.4 Å². The molecule has 0 bridgehead atoms. The Hall–Kier alpha value is -1.68. The summed E-state index contributed by atoms with van der Waals surface area (Å²) >= 11 is 0. The summed E-state index contributed by atoms with van der Waals surface area (Å²) in [6, 6.07) is 11.4. The lowest BCUT2D eigenvalue weighted by molar-refractivity contribution is 0.238. The summed E-state index contributed by atoms with van der Waals surface area (Å²) in [7, 11) is 4.02. The Morgan fingerprint density at radius 2 is 2.10 bits per heavy atom. The summed E-state index contributed by atoms with van der Waals surface area (Å²) in [6.07, 6.45) is 3.96. The van der Waals surface area contributed by atoms with Crippen LogP contribution in [0.1, 0.15) is 43.9 Å². The third kappa shape index (κ3) is 6.94. The van der Waals surface area contributed by atoms with Crippen molar-refractivity contribution in [3.8, 4) is 0 Å². The van der Waals surface area contributed by atoms with E-state index in [1.54, 1.807) is 0 Å². The van der Waals surface area contributed by atoms with Crippen molar-refractivity contribution in [1.29, 1.82) is 0 Å². The van der Waals surface area contributed by atoms with Crippen molar-refractivity contribution in [2.24, 2.45) is 4.99 Å². The van der Waals surface area contributed by atoms with E-state index in [2.05, 4.69) is 81.8 Å². The normalized spacial score (nSPS) is 17.2. The number of rotatable bonds is 8. The maximum Gasteiger partial charge on any atom is 0.191 e. The van der Waals surface area contributed by atoms with Crippen molar-refractivity contribution in [1.82, 2.24) is 30.3 Å². The first-order valence-corrected chi connectivity index (χ1v) is 10.7. The van der Waals surface area contributed by atoms with Crippen LogP contribution in [0.2, 0.25) is 0 Å². The molecule has 2 N–H and O–H groups in total. The van der Waals surface area contributed by atoms with Crippen LogP contribution in [0, 0.1) is 0 Å². The number of fused-ring (bicyclic) bond motifs is 1. The van der Waals surface area contributed by atoms with Gasteiger partial charge in [0.15, 0.2) is 11.8 Å². The first-order chi connectivity index (χ1) is 14.1. The Bertz CT molecular complexity index is 790. The minimum Gasteiger partial charge on any atom is -0.356 e. The van der Waals surface area contributed by atoms with Crippen molar-refractivity contribution in [2.75, 3.05) is 20.6 Å². The van der Waals surface area contributed by atoms with Crippen LogP contribution in [-0.4, -0.2) is 58.3 Å². The summed E-state index contributed by atoms with van der Waals surface area (Å²) in [4.78, 5) is 11.4. The number of benzene rings is 1. The van der Waals surface area contributed by atoms with E-state index in [0.717, 1.165) is 62.9 Å². The molecule has 0 fully saturated rings. The highest BCUT2D eigenvalue weighted by molar-refractivity contribution is 14.0. The molecule has 7 nitrogen and oxygen atoms in total. The van der Waals surface area contributed by atoms with E-state index in [-0.39, 0.29) is 24.0 Å². The monoisotopic (exact) mass is 525 g/mol. The van der Waals surface area contributed by atoms with Crippen LogP contribution in [-0.2, 0) is 25.9 Å². The van der Waals surface area contributed by atoms with Gasteiger partial charge in [-0.15, -0.1) is 24.0 Å². The standard InChI is InChI=1S/C22H35N7.HI/c1-5-20-26-21-12-11-19(16-29(21)27-20)25-22(23-3)24-14-13-17(2)28(4)15-18-9-7-6-8-10-18;/h6-10,17,19H,5,11-16H2,1-4H3,(H2,23,24,25);1H. The number of hydrogen-bond donors (Lipinski definition) is 2. The number of guanidine groups is 1. The summed E-state index contributed by atoms with van der Waals surface area (Å²) in [5.74, 6) is 2.92. The van der Waals surface area contributed by atoms with Gasteiger partial charge in [0.2, 0.25) is 0 Å². The molecule has 1 aromatic carbocycles. The van der Waals surface area contributed by atoms with Gasteiger partial charge in [-0.3, -0.25) is 9.89 Å². The molecule has 2 aromatic rings. The topological polar surface area (TPSA) is 70.4 Å². The Morgan fingerprint density at radius 1 is 1.33 bits per heavy atom. The van der Waals surface area contributed by atoms with Gasteiger partial charge in [0, 0.05) is 45.1 Å². The van der Waals surface area contributed by atoms with E-state index >= 15 is 0 Å². The van der Waals surface area contributed by atoms with Crippen LogP contribution in [0.3, 0.4) is 0 Å². The number of aryl methyl sites for hydroxylation is 2. The molecule has 0 aliphatic carbocycles. The lowest BCUT2D eigenvalue weighted by atomic mass is 10.1. The highest BCUT2D eigenvalue weighted by Gasteiger charge is 2.22. The summed E-state index contributed by atoms with van der Waals surface area (Å²) in [6.45, 7) is 7.08. The SMILES string of the molecule is CCc1nc2n(n1)CC(NC(=NC)NCCC(C)N(C)Cc1ccccc1)CC2.I. The average molecular weight is 525 g/mol. The van der Waals surface area contributed by atoms with Gasteiger partial charge in [-0.25, -0.2) is 9.67 Å². The van der Waals surface area contributed by atoms with E-state index < -0.39 is 0 Å². The molecule has 0 amide bonds. The third-order valence-electron chi connectivity index (χ3n) is 5.66. The zero-order valence-corrected chi connectivity index (χ0v) is 21.0. The fraction of sp³-hybridized carbons (Fsp3) is 0.591. The van der Waals surface area contributed by atoms with Crippen LogP contribution in [0.4, 0.5) is 0 Å². The van der Waals surface area contributed by atoms with E-state index in [1.807, 2.05) is 11.7 Å². The predicted molar refractivity (Wildman–Crippen MR) is 133 cm³/mol. The van der Waals surface area contributed by atoms with E-state index in [1.165, 1.54) is 5.56 Å². The number of halogens is 1. The fourth-order valence-corrected chi connectivity index (χ4v) is 3.66. The molecule has 0 saturated carbocycles. The lowest BCUT2D eigenvalue weighted by Crippen LogP contribution is -2.47. The lowest BCUT2D eigenvalue weighted by Gasteiger charge is -2.27. The van der Waals surface area contributed by atoms with Crippen molar-refractivity contribution < 1.29 is 0 Å². The van der Waals surface area contributed by atoms with E-state index in [9.17, 15) is 0 Å². The number of hydrogen-bond acceptors (Lipinski definition) is 4. The largest absolute Gasteiger partial charge is 0.356 e. The molecule has 2 heterocycles. The Kier molecular flexibility index (Phi) is 10.0. The highest BCUT2D eigenvalue weighted by atomic mass is 127. The summed E-state index contributed by atoms with van der Waals surface area (Å²) in [5.41, 5.74) is 1.35. The van der Waals surface area contributed by atoms with Gasteiger partial charge >= 0.3 is 0 Å². The highest BCUT2D eigenvalue weighted by Crippen LogP contribution is 2.13. The summed E-state index contributed by atoms with van der Waals surface area (Å²) in [5, 5.41) is 11.6. The van der Waals surface area contributed by atoms with Crippen molar-refractivity contribution in [3.05, 3.63) is 47.5 Å². The average Bonchev–Trinajstić information content (AvgIpc) is 3.16. The molecule has 0 saturated heterocycles. The first-order valence-electron chi connectivity index (χ1n) is 10.7. The van der Waals surface area contributed by atoms with Crippen LogP contribution >= 0.6 is 24.0 Å². The molecule has 30 heavy (non-hydrogen) atoms. The maximum absolute atomic E-state index is 4.59. The second-order valence-electron chi connectivity index (χ2n) is 7.90. The number of nitrogens with one attached hydrogen (secondary N) is 2. The molecular weight excluding hydrogens is 489 g/mol. The minimum absolute atomic E-state index is 0. The first kappa shape index (κ1) is 24.6. The zero-order valence-electron chi connectivity index (χ0n) is 18.6.